The van der Waals surface area contributed by atoms with Crippen molar-refractivity contribution in [1.82, 2.24) is 0 Å². The third-order valence-electron chi connectivity index (χ3n) is 2.84. The summed E-state index contributed by atoms with van der Waals surface area (Å²) in [6, 6.07) is 0. The van der Waals surface area contributed by atoms with Gasteiger partial charge in [0.1, 0.15) is 6.10 Å². The lowest BCUT2D eigenvalue weighted by Crippen LogP contribution is -2.33. The molecule has 3 atom stereocenters. The van der Waals surface area contributed by atoms with Crippen LogP contribution >= 0.6 is 0 Å². The lowest BCUT2D eigenvalue weighted by atomic mass is 10.00. The molecule has 0 amide bonds. The van der Waals surface area contributed by atoms with Gasteiger partial charge in [0.15, 0.2) is 5.79 Å². The van der Waals surface area contributed by atoms with Crippen molar-refractivity contribution in [2.45, 2.75) is 45.2 Å². The summed E-state index contributed by atoms with van der Waals surface area (Å²) in [6.45, 7) is 7.65. The first kappa shape index (κ1) is 9.44. The minimum absolute atomic E-state index is 0.132. The van der Waals surface area contributed by atoms with Crippen LogP contribution in [-0.2, 0) is 14.2 Å². The van der Waals surface area contributed by atoms with Gasteiger partial charge in [-0.15, -0.1) is 0 Å². The Balaban J connectivity index is 1.95. The van der Waals surface area contributed by atoms with Gasteiger partial charge in [-0.2, -0.15) is 0 Å². The molecule has 0 aliphatic carbocycles. The van der Waals surface area contributed by atoms with Gasteiger partial charge in [-0.05, 0) is 26.2 Å². The lowest BCUT2D eigenvalue weighted by Gasteiger charge is -2.22. The molecule has 2 fully saturated rings. The van der Waals surface area contributed by atoms with E-state index < -0.39 is 5.79 Å². The zero-order valence-corrected chi connectivity index (χ0v) is 8.58. The van der Waals surface area contributed by atoms with Crippen molar-refractivity contribution in [3.05, 3.63) is 0 Å². The van der Waals surface area contributed by atoms with Crippen LogP contribution in [0.5, 0.6) is 0 Å². The second-order valence-electron chi connectivity index (χ2n) is 4.47. The summed E-state index contributed by atoms with van der Waals surface area (Å²) < 4.78 is 16.9. The molecule has 2 unspecified atom stereocenters. The number of rotatable bonds is 1. The first-order chi connectivity index (χ1) is 6.08. The van der Waals surface area contributed by atoms with Crippen LogP contribution in [0, 0.1) is 5.92 Å². The zero-order valence-electron chi connectivity index (χ0n) is 8.58. The van der Waals surface area contributed by atoms with Gasteiger partial charge < -0.3 is 14.2 Å². The van der Waals surface area contributed by atoms with Gasteiger partial charge in [0, 0.05) is 6.61 Å². The molecule has 2 heterocycles. The molecule has 0 radical (unpaired) electrons. The molecular formula is C10H18O3. The third-order valence-corrected chi connectivity index (χ3v) is 2.84. The average Bonchev–Trinajstić information content (AvgIpc) is 2.56. The Bertz CT molecular complexity index is 191. The van der Waals surface area contributed by atoms with Gasteiger partial charge in [-0.25, -0.2) is 0 Å². The van der Waals surface area contributed by atoms with Gasteiger partial charge in [-0.1, -0.05) is 6.92 Å². The molecule has 0 aromatic rings. The van der Waals surface area contributed by atoms with Crippen LogP contribution < -0.4 is 0 Å². The van der Waals surface area contributed by atoms with Gasteiger partial charge >= 0.3 is 0 Å². The highest BCUT2D eigenvalue weighted by Gasteiger charge is 2.41. The minimum Gasteiger partial charge on any atom is -0.375 e. The topological polar surface area (TPSA) is 27.7 Å². The molecule has 2 aliphatic heterocycles. The summed E-state index contributed by atoms with van der Waals surface area (Å²) in [7, 11) is 0. The summed E-state index contributed by atoms with van der Waals surface area (Å²) in [4.78, 5) is 0. The van der Waals surface area contributed by atoms with Crippen molar-refractivity contribution in [1.29, 1.82) is 0 Å². The van der Waals surface area contributed by atoms with Crippen molar-refractivity contribution >= 4 is 0 Å². The van der Waals surface area contributed by atoms with E-state index in [-0.39, 0.29) is 12.2 Å². The Hall–Kier alpha value is -0.120. The van der Waals surface area contributed by atoms with Gasteiger partial charge in [0.05, 0.1) is 12.7 Å². The lowest BCUT2D eigenvalue weighted by molar-refractivity contribution is -0.154. The quantitative estimate of drug-likeness (QED) is 0.622. The molecule has 3 nitrogen and oxygen atoms in total. The van der Waals surface area contributed by atoms with E-state index >= 15 is 0 Å². The predicted octanol–water partition coefficient (Wildman–Crippen LogP) is 1.56. The number of ether oxygens (including phenoxy) is 3. The Morgan fingerprint density at radius 2 is 2.08 bits per heavy atom. The van der Waals surface area contributed by atoms with E-state index in [0.717, 1.165) is 13.0 Å². The molecule has 2 saturated heterocycles. The SMILES string of the molecule is C[C@@H]1CCOC1C1COC(C)(C)O1. The molecule has 0 aromatic carbocycles. The Labute approximate surface area is 79.4 Å². The first-order valence-electron chi connectivity index (χ1n) is 5.02. The van der Waals surface area contributed by atoms with Crippen molar-refractivity contribution < 1.29 is 14.2 Å². The van der Waals surface area contributed by atoms with Crippen LogP contribution in [0.15, 0.2) is 0 Å². The van der Waals surface area contributed by atoms with E-state index in [9.17, 15) is 0 Å². The van der Waals surface area contributed by atoms with Crippen molar-refractivity contribution in [3.63, 3.8) is 0 Å². The molecule has 0 aromatic heterocycles. The fourth-order valence-electron chi connectivity index (χ4n) is 2.07. The summed E-state index contributed by atoms with van der Waals surface area (Å²) in [5.74, 6) is 0.179. The highest BCUT2D eigenvalue weighted by atomic mass is 16.7. The predicted molar refractivity (Wildman–Crippen MR) is 48.4 cm³/mol. The molecule has 0 saturated carbocycles. The summed E-state index contributed by atoms with van der Waals surface area (Å²) >= 11 is 0. The van der Waals surface area contributed by atoms with Crippen LogP contribution in [-0.4, -0.2) is 31.2 Å². The molecule has 2 aliphatic rings. The van der Waals surface area contributed by atoms with Gasteiger partial charge in [0.2, 0.25) is 0 Å². The second-order valence-corrected chi connectivity index (χ2v) is 4.47. The Morgan fingerprint density at radius 1 is 1.31 bits per heavy atom. The zero-order chi connectivity index (χ0) is 9.47. The van der Waals surface area contributed by atoms with Crippen molar-refractivity contribution in [2.75, 3.05) is 13.2 Å². The standard InChI is InChI=1S/C10H18O3/c1-7-4-5-11-9(7)8-6-12-10(2,3)13-8/h7-9H,4-6H2,1-3H3/t7-,8?,9?/m1/s1. The van der Waals surface area contributed by atoms with E-state index in [1.807, 2.05) is 13.8 Å². The first-order valence-corrected chi connectivity index (χ1v) is 5.02. The smallest absolute Gasteiger partial charge is 0.163 e. The Kier molecular flexibility index (Phi) is 2.34. The molecule has 0 bridgehead atoms. The van der Waals surface area contributed by atoms with E-state index in [1.165, 1.54) is 0 Å². The van der Waals surface area contributed by atoms with E-state index in [4.69, 9.17) is 14.2 Å². The molecular weight excluding hydrogens is 168 g/mol. The highest BCUT2D eigenvalue weighted by Crippen LogP contribution is 2.31. The molecule has 3 heteroatoms. The van der Waals surface area contributed by atoms with Gasteiger partial charge in [0.25, 0.3) is 0 Å². The average molecular weight is 186 g/mol. The van der Waals surface area contributed by atoms with Crippen LogP contribution in [0.4, 0.5) is 0 Å². The molecule has 76 valence electrons. The maximum Gasteiger partial charge on any atom is 0.163 e. The maximum atomic E-state index is 5.76. The van der Waals surface area contributed by atoms with E-state index in [1.54, 1.807) is 0 Å². The number of hydrogen-bond acceptors (Lipinski definition) is 3. The van der Waals surface area contributed by atoms with Crippen LogP contribution in [0.2, 0.25) is 0 Å². The van der Waals surface area contributed by atoms with E-state index in [2.05, 4.69) is 6.92 Å². The van der Waals surface area contributed by atoms with Crippen LogP contribution in [0.25, 0.3) is 0 Å². The van der Waals surface area contributed by atoms with E-state index in [0.29, 0.717) is 12.5 Å². The summed E-state index contributed by atoms with van der Waals surface area (Å²) in [5, 5.41) is 0. The summed E-state index contributed by atoms with van der Waals surface area (Å²) in [6.07, 6.45) is 1.51. The van der Waals surface area contributed by atoms with Crippen LogP contribution in [0.3, 0.4) is 0 Å². The fourth-order valence-corrected chi connectivity index (χ4v) is 2.07. The molecule has 2 rings (SSSR count). The third kappa shape index (κ3) is 1.87. The van der Waals surface area contributed by atoms with Crippen molar-refractivity contribution in [3.8, 4) is 0 Å². The maximum absolute atomic E-state index is 5.76. The largest absolute Gasteiger partial charge is 0.375 e. The normalized spacial score (nSPS) is 44.1. The van der Waals surface area contributed by atoms with Crippen molar-refractivity contribution in [2.24, 2.45) is 5.92 Å². The molecule has 13 heavy (non-hydrogen) atoms. The monoisotopic (exact) mass is 186 g/mol. The Morgan fingerprint density at radius 3 is 2.54 bits per heavy atom. The van der Waals surface area contributed by atoms with Crippen LogP contribution in [0.1, 0.15) is 27.2 Å². The molecule has 0 spiro atoms. The number of hydrogen-bond donors (Lipinski definition) is 0. The van der Waals surface area contributed by atoms with Gasteiger partial charge in [-0.3, -0.25) is 0 Å². The minimum atomic E-state index is -0.420. The fraction of sp³-hybridized carbons (Fsp3) is 1.00. The summed E-state index contributed by atoms with van der Waals surface area (Å²) in [5.41, 5.74) is 0. The second kappa shape index (κ2) is 3.23. The molecule has 0 N–H and O–H groups in total. The highest BCUT2D eigenvalue weighted by molar-refractivity contribution is 4.85.